The van der Waals surface area contributed by atoms with Gasteiger partial charge in [-0.3, -0.25) is 0 Å². The van der Waals surface area contributed by atoms with E-state index in [9.17, 15) is 0 Å². The van der Waals surface area contributed by atoms with Crippen LogP contribution in [0.25, 0.3) is 11.0 Å². The standard InChI is InChI=1S/C12H15NO/c1-2-5-10(13)12-8-9-6-3-4-7-11(9)14-12/h3-4,6-8,10H,2,5,13H2,1H3. The number of para-hydroxylation sites is 1. The van der Waals surface area contributed by atoms with Gasteiger partial charge in [0.15, 0.2) is 0 Å². The molecule has 0 saturated carbocycles. The number of nitrogens with two attached hydrogens (primary N) is 1. The number of fused-ring (bicyclic) bond motifs is 1. The molecule has 2 aromatic rings. The van der Waals surface area contributed by atoms with Crippen molar-refractivity contribution in [1.29, 1.82) is 0 Å². The molecular weight excluding hydrogens is 174 g/mol. The third kappa shape index (κ3) is 1.66. The molecule has 74 valence electrons. The van der Waals surface area contributed by atoms with Gasteiger partial charge in [-0.25, -0.2) is 0 Å². The van der Waals surface area contributed by atoms with Crippen LogP contribution in [-0.4, -0.2) is 0 Å². The molecule has 2 heteroatoms. The van der Waals surface area contributed by atoms with E-state index < -0.39 is 0 Å². The number of hydrogen-bond acceptors (Lipinski definition) is 2. The predicted octanol–water partition coefficient (Wildman–Crippen LogP) is 3.23. The quantitative estimate of drug-likeness (QED) is 0.805. The van der Waals surface area contributed by atoms with Crippen molar-refractivity contribution in [1.82, 2.24) is 0 Å². The Balaban J connectivity index is 2.35. The maximum absolute atomic E-state index is 5.98. The van der Waals surface area contributed by atoms with Gasteiger partial charge in [0.1, 0.15) is 11.3 Å². The summed E-state index contributed by atoms with van der Waals surface area (Å²) >= 11 is 0. The van der Waals surface area contributed by atoms with Gasteiger partial charge in [-0.2, -0.15) is 0 Å². The van der Waals surface area contributed by atoms with E-state index in [1.54, 1.807) is 0 Å². The van der Waals surface area contributed by atoms with Crippen LogP contribution in [0.15, 0.2) is 34.7 Å². The third-order valence-electron chi connectivity index (χ3n) is 2.41. The molecule has 1 aromatic heterocycles. The fraction of sp³-hybridized carbons (Fsp3) is 0.333. The lowest BCUT2D eigenvalue weighted by molar-refractivity contribution is 0.475. The van der Waals surface area contributed by atoms with Gasteiger partial charge in [0, 0.05) is 5.39 Å². The van der Waals surface area contributed by atoms with Crippen LogP contribution in [0.1, 0.15) is 31.6 Å². The molecule has 1 aromatic carbocycles. The zero-order valence-electron chi connectivity index (χ0n) is 8.36. The van der Waals surface area contributed by atoms with Gasteiger partial charge in [-0.15, -0.1) is 0 Å². The summed E-state index contributed by atoms with van der Waals surface area (Å²) in [7, 11) is 0. The molecule has 14 heavy (non-hydrogen) atoms. The van der Waals surface area contributed by atoms with Gasteiger partial charge >= 0.3 is 0 Å². The van der Waals surface area contributed by atoms with Gasteiger partial charge in [0.2, 0.25) is 0 Å². The number of hydrogen-bond donors (Lipinski definition) is 1. The Labute approximate surface area is 83.7 Å². The van der Waals surface area contributed by atoms with E-state index in [-0.39, 0.29) is 6.04 Å². The number of furan rings is 1. The molecule has 0 bridgehead atoms. The Morgan fingerprint density at radius 3 is 2.86 bits per heavy atom. The van der Waals surface area contributed by atoms with Crippen LogP contribution < -0.4 is 5.73 Å². The maximum Gasteiger partial charge on any atom is 0.134 e. The second-order valence-electron chi connectivity index (χ2n) is 3.58. The summed E-state index contributed by atoms with van der Waals surface area (Å²) in [6, 6.07) is 10.1. The van der Waals surface area contributed by atoms with E-state index >= 15 is 0 Å². The van der Waals surface area contributed by atoms with Crippen molar-refractivity contribution in [3.8, 4) is 0 Å². The fourth-order valence-electron chi connectivity index (χ4n) is 1.64. The Kier molecular flexibility index (Phi) is 2.55. The van der Waals surface area contributed by atoms with E-state index in [1.807, 2.05) is 30.3 Å². The van der Waals surface area contributed by atoms with Crippen LogP contribution in [-0.2, 0) is 0 Å². The third-order valence-corrected chi connectivity index (χ3v) is 2.41. The van der Waals surface area contributed by atoms with E-state index in [4.69, 9.17) is 10.2 Å². The van der Waals surface area contributed by atoms with Gasteiger partial charge in [0.05, 0.1) is 6.04 Å². The topological polar surface area (TPSA) is 39.2 Å². The van der Waals surface area contributed by atoms with Crippen molar-refractivity contribution in [2.45, 2.75) is 25.8 Å². The summed E-state index contributed by atoms with van der Waals surface area (Å²) in [4.78, 5) is 0. The first kappa shape index (κ1) is 9.28. The van der Waals surface area contributed by atoms with Crippen molar-refractivity contribution >= 4 is 11.0 Å². The largest absolute Gasteiger partial charge is 0.459 e. The van der Waals surface area contributed by atoms with Crippen molar-refractivity contribution in [3.63, 3.8) is 0 Å². The van der Waals surface area contributed by atoms with E-state index in [0.29, 0.717) is 0 Å². The summed E-state index contributed by atoms with van der Waals surface area (Å²) in [5, 5.41) is 1.13. The second kappa shape index (κ2) is 3.84. The van der Waals surface area contributed by atoms with E-state index in [2.05, 4.69) is 6.92 Å². The molecule has 2 N–H and O–H groups in total. The highest BCUT2D eigenvalue weighted by molar-refractivity contribution is 5.77. The van der Waals surface area contributed by atoms with Crippen LogP contribution in [0.5, 0.6) is 0 Å². The van der Waals surface area contributed by atoms with Gasteiger partial charge in [0.25, 0.3) is 0 Å². The number of benzene rings is 1. The van der Waals surface area contributed by atoms with Crippen LogP contribution in [0.4, 0.5) is 0 Å². The van der Waals surface area contributed by atoms with Gasteiger partial charge < -0.3 is 10.2 Å². The van der Waals surface area contributed by atoms with Crippen molar-refractivity contribution in [2.24, 2.45) is 5.73 Å². The molecule has 0 aliphatic rings. The highest BCUT2D eigenvalue weighted by atomic mass is 16.3. The SMILES string of the molecule is CCCC(N)c1cc2ccccc2o1. The Hall–Kier alpha value is -1.28. The minimum atomic E-state index is 0.0346. The molecule has 0 spiro atoms. The molecule has 1 heterocycles. The molecule has 2 rings (SSSR count). The molecule has 0 radical (unpaired) electrons. The first-order chi connectivity index (χ1) is 6.81. The highest BCUT2D eigenvalue weighted by Gasteiger charge is 2.10. The summed E-state index contributed by atoms with van der Waals surface area (Å²) in [5.74, 6) is 0.896. The molecule has 1 unspecified atom stereocenters. The first-order valence-corrected chi connectivity index (χ1v) is 5.05. The van der Waals surface area contributed by atoms with Crippen LogP contribution in [0.3, 0.4) is 0 Å². The smallest absolute Gasteiger partial charge is 0.134 e. The molecule has 0 aliphatic carbocycles. The number of rotatable bonds is 3. The Morgan fingerprint density at radius 1 is 1.36 bits per heavy atom. The molecule has 0 fully saturated rings. The summed E-state index contributed by atoms with van der Waals surface area (Å²) < 4.78 is 5.66. The van der Waals surface area contributed by atoms with Crippen molar-refractivity contribution in [3.05, 3.63) is 36.1 Å². The zero-order valence-corrected chi connectivity index (χ0v) is 8.36. The zero-order chi connectivity index (χ0) is 9.97. The Morgan fingerprint density at radius 2 is 2.14 bits per heavy atom. The second-order valence-corrected chi connectivity index (χ2v) is 3.58. The van der Waals surface area contributed by atoms with Gasteiger partial charge in [-0.05, 0) is 18.6 Å². The van der Waals surface area contributed by atoms with Crippen LogP contribution in [0.2, 0.25) is 0 Å². The normalized spacial score (nSPS) is 13.3. The lowest BCUT2D eigenvalue weighted by atomic mass is 10.1. The average molecular weight is 189 g/mol. The highest BCUT2D eigenvalue weighted by Crippen LogP contribution is 2.24. The minimum Gasteiger partial charge on any atom is -0.459 e. The molecular formula is C12H15NO. The monoisotopic (exact) mass is 189 g/mol. The van der Waals surface area contributed by atoms with E-state index in [1.165, 1.54) is 0 Å². The fourth-order valence-corrected chi connectivity index (χ4v) is 1.64. The van der Waals surface area contributed by atoms with Gasteiger partial charge in [-0.1, -0.05) is 31.5 Å². The average Bonchev–Trinajstić information content (AvgIpc) is 2.61. The summed E-state index contributed by atoms with van der Waals surface area (Å²) in [5.41, 5.74) is 6.90. The molecule has 1 atom stereocenters. The lowest BCUT2D eigenvalue weighted by Crippen LogP contribution is -2.08. The summed E-state index contributed by atoms with van der Waals surface area (Å²) in [6.07, 6.45) is 2.05. The van der Waals surface area contributed by atoms with Crippen LogP contribution in [0, 0.1) is 0 Å². The predicted molar refractivity (Wildman–Crippen MR) is 58.1 cm³/mol. The van der Waals surface area contributed by atoms with Crippen molar-refractivity contribution < 1.29 is 4.42 Å². The molecule has 0 saturated heterocycles. The van der Waals surface area contributed by atoms with Crippen LogP contribution >= 0.6 is 0 Å². The Bertz CT molecular complexity index is 386. The lowest BCUT2D eigenvalue weighted by Gasteiger charge is -2.04. The maximum atomic E-state index is 5.98. The summed E-state index contributed by atoms with van der Waals surface area (Å²) in [6.45, 7) is 2.13. The first-order valence-electron chi connectivity index (χ1n) is 5.05. The van der Waals surface area contributed by atoms with E-state index in [0.717, 1.165) is 29.6 Å². The molecule has 0 amide bonds. The molecule has 2 nitrogen and oxygen atoms in total. The minimum absolute atomic E-state index is 0.0346. The van der Waals surface area contributed by atoms with Crippen molar-refractivity contribution in [2.75, 3.05) is 0 Å². The molecule has 0 aliphatic heterocycles.